The highest BCUT2D eigenvalue weighted by atomic mass is 32.2. The van der Waals surface area contributed by atoms with Crippen LogP contribution in [0.25, 0.3) is 0 Å². The van der Waals surface area contributed by atoms with E-state index in [0.29, 0.717) is 22.7 Å². The van der Waals surface area contributed by atoms with Crippen LogP contribution in [-0.2, 0) is 20.6 Å². The third-order valence-corrected chi connectivity index (χ3v) is 6.58. The second kappa shape index (κ2) is 9.77. The van der Waals surface area contributed by atoms with Crippen LogP contribution in [0.15, 0.2) is 77.7 Å². The van der Waals surface area contributed by atoms with Crippen molar-refractivity contribution in [3.05, 3.63) is 89.7 Å². The van der Waals surface area contributed by atoms with Crippen molar-refractivity contribution in [3.63, 3.8) is 0 Å². The van der Waals surface area contributed by atoms with Gasteiger partial charge in [0, 0.05) is 17.1 Å². The first-order valence-electron chi connectivity index (χ1n) is 9.14. The third-order valence-electron chi connectivity index (χ3n) is 4.20. The Hall–Kier alpha value is -2.84. The normalized spacial score (nSPS) is 11.1. The number of carbonyl (C=O) groups is 1. The number of benzene rings is 3. The van der Waals surface area contributed by atoms with Crippen molar-refractivity contribution >= 4 is 39.1 Å². The fourth-order valence-corrected chi connectivity index (χ4v) is 4.49. The molecule has 1 amide bonds. The van der Waals surface area contributed by atoms with Gasteiger partial charge in [0.1, 0.15) is 5.82 Å². The summed E-state index contributed by atoms with van der Waals surface area (Å²) in [5.74, 6) is 0.0110. The quantitative estimate of drug-likeness (QED) is 0.523. The molecule has 0 aliphatic carbocycles. The Kier molecular flexibility index (Phi) is 7.12. The number of hydrogen-bond acceptors (Lipinski definition) is 4. The maximum absolute atomic E-state index is 13.6. The molecule has 0 saturated carbocycles. The van der Waals surface area contributed by atoms with Crippen LogP contribution < -0.4 is 10.0 Å². The van der Waals surface area contributed by atoms with Crippen LogP contribution in [0.4, 0.5) is 15.8 Å². The van der Waals surface area contributed by atoms with Gasteiger partial charge in [0.15, 0.2) is 0 Å². The summed E-state index contributed by atoms with van der Waals surface area (Å²) in [5, 5.41) is 2.71. The third kappa shape index (κ3) is 6.08. The number of amides is 1. The number of carbonyl (C=O) groups excluding carboxylic acids is 1. The lowest BCUT2D eigenvalue weighted by atomic mass is 10.2. The molecule has 8 heteroatoms. The van der Waals surface area contributed by atoms with Gasteiger partial charge in [0.05, 0.1) is 10.6 Å². The van der Waals surface area contributed by atoms with E-state index in [-0.39, 0.29) is 22.4 Å². The molecule has 156 valence electrons. The van der Waals surface area contributed by atoms with Crippen LogP contribution in [0.5, 0.6) is 0 Å². The molecule has 0 unspecified atom stereocenters. The van der Waals surface area contributed by atoms with Gasteiger partial charge in [0.25, 0.3) is 10.0 Å². The van der Waals surface area contributed by atoms with Crippen molar-refractivity contribution in [3.8, 4) is 0 Å². The van der Waals surface area contributed by atoms with Gasteiger partial charge in [-0.1, -0.05) is 35.9 Å². The zero-order chi connectivity index (χ0) is 21.6. The molecular formula is C22H21FN2O3S2. The van der Waals surface area contributed by atoms with Crippen LogP contribution in [0.2, 0.25) is 0 Å². The number of thioether (sulfide) groups is 1. The molecule has 0 aromatic heterocycles. The summed E-state index contributed by atoms with van der Waals surface area (Å²) in [4.78, 5) is 12.2. The lowest BCUT2D eigenvalue weighted by Gasteiger charge is -2.10. The van der Waals surface area contributed by atoms with Crippen LogP contribution in [0.3, 0.4) is 0 Å². The molecule has 5 nitrogen and oxygen atoms in total. The molecule has 2 N–H and O–H groups in total. The van der Waals surface area contributed by atoms with Gasteiger partial charge in [-0.15, -0.1) is 11.8 Å². The van der Waals surface area contributed by atoms with Crippen molar-refractivity contribution in [2.24, 2.45) is 0 Å². The number of sulfonamides is 1. The van der Waals surface area contributed by atoms with E-state index in [1.54, 1.807) is 30.3 Å². The van der Waals surface area contributed by atoms with E-state index < -0.39 is 10.0 Å². The first kappa shape index (κ1) is 21.9. The number of aryl methyl sites for hydroxylation is 1. The summed E-state index contributed by atoms with van der Waals surface area (Å²) in [6, 6.07) is 19.4. The molecule has 0 saturated heterocycles. The highest BCUT2D eigenvalue weighted by Crippen LogP contribution is 2.20. The SMILES string of the molecule is Cc1ccc(NS(=O)(=O)c2ccc(NC(=O)CSCc3ccccc3F)cc2)cc1. The van der Waals surface area contributed by atoms with Crippen molar-refractivity contribution in [2.45, 2.75) is 17.6 Å². The fraction of sp³-hybridized carbons (Fsp3) is 0.136. The topological polar surface area (TPSA) is 75.3 Å². The summed E-state index contributed by atoms with van der Waals surface area (Å²) < 4.78 is 41.1. The zero-order valence-electron chi connectivity index (χ0n) is 16.3. The average Bonchev–Trinajstić information content (AvgIpc) is 2.71. The second-order valence-corrected chi connectivity index (χ2v) is 9.30. The monoisotopic (exact) mass is 444 g/mol. The molecule has 0 heterocycles. The van der Waals surface area contributed by atoms with E-state index in [1.807, 2.05) is 19.1 Å². The number of halogens is 1. The largest absolute Gasteiger partial charge is 0.325 e. The van der Waals surface area contributed by atoms with E-state index in [2.05, 4.69) is 10.0 Å². The Labute approximate surface area is 179 Å². The molecule has 3 aromatic rings. The van der Waals surface area contributed by atoms with E-state index in [9.17, 15) is 17.6 Å². The molecule has 0 spiro atoms. The predicted molar refractivity (Wildman–Crippen MR) is 120 cm³/mol. The highest BCUT2D eigenvalue weighted by Gasteiger charge is 2.14. The number of rotatable bonds is 8. The summed E-state index contributed by atoms with van der Waals surface area (Å²) in [5.41, 5.74) is 2.54. The van der Waals surface area contributed by atoms with Gasteiger partial charge in [-0.25, -0.2) is 12.8 Å². The minimum atomic E-state index is -3.72. The predicted octanol–water partition coefficient (Wildman–Crippen LogP) is 4.81. The Morgan fingerprint density at radius 3 is 2.23 bits per heavy atom. The molecule has 3 aromatic carbocycles. The summed E-state index contributed by atoms with van der Waals surface area (Å²) in [7, 11) is -3.72. The van der Waals surface area contributed by atoms with Crippen molar-refractivity contribution in [1.29, 1.82) is 0 Å². The molecular weight excluding hydrogens is 423 g/mol. The smallest absolute Gasteiger partial charge is 0.261 e. The lowest BCUT2D eigenvalue weighted by Crippen LogP contribution is -2.15. The van der Waals surface area contributed by atoms with Gasteiger partial charge < -0.3 is 5.32 Å². The molecule has 0 bridgehead atoms. The van der Waals surface area contributed by atoms with Crippen LogP contribution >= 0.6 is 11.8 Å². The van der Waals surface area contributed by atoms with Gasteiger partial charge in [-0.3, -0.25) is 9.52 Å². The highest BCUT2D eigenvalue weighted by molar-refractivity contribution is 7.99. The Balaban J connectivity index is 1.54. The molecule has 3 rings (SSSR count). The molecule has 0 radical (unpaired) electrons. The molecule has 0 atom stereocenters. The van der Waals surface area contributed by atoms with Crippen LogP contribution in [0, 0.1) is 12.7 Å². The van der Waals surface area contributed by atoms with Crippen molar-refractivity contribution in [2.75, 3.05) is 15.8 Å². The minimum absolute atomic E-state index is 0.0926. The molecule has 0 fully saturated rings. The lowest BCUT2D eigenvalue weighted by molar-refractivity contribution is -0.113. The van der Waals surface area contributed by atoms with Crippen LogP contribution in [-0.4, -0.2) is 20.1 Å². The molecule has 0 aliphatic heterocycles. The maximum atomic E-state index is 13.6. The van der Waals surface area contributed by atoms with Crippen LogP contribution in [0.1, 0.15) is 11.1 Å². The van der Waals surface area contributed by atoms with Crippen molar-refractivity contribution < 1.29 is 17.6 Å². The number of hydrogen-bond donors (Lipinski definition) is 2. The molecule has 30 heavy (non-hydrogen) atoms. The fourth-order valence-electron chi connectivity index (χ4n) is 2.62. The number of anilines is 2. The Bertz CT molecular complexity index is 1120. The van der Waals surface area contributed by atoms with Gasteiger partial charge in [-0.05, 0) is 55.0 Å². The molecule has 0 aliphatic rings. The van der Waals surface area contributed by atoms with E-state index in [4.69, 9.17) is 0 Å². The standard InChI is InChI=1S/C22H21FN2O3S2/c1-16-6-8-19(9-7-16)25-30(27,28)20-12-10-18(11-13-20)24-22(26)15-29-14-17-4-2-3-5-21(17)23/h2-13,25H,14-15H2,1H3,(H,24,26). The Morgan fingerprint density at radius 2 is 1.57 bits per heavy atom. The maximum Gasteiger partial charge on any atom is 0.261 e. The number of nitrogens with one attached hydrogen (secondary N) is 2. The van der Waals surface area contributed by atoms with E-state index in [1.165, 1.54) is 42.1 Å². The van der Waals surface area contributed by atoms with Gasteiger partial charge >= 0.3 is 0 Å². The average molecular weight is 445 g/mol. The first-order valence-corrected chi connectivity index (χ1v) is 11.8. The minimum Gasteiger partial charge on any atom is -0.325 e. The van der Waals surface area contributed by atoms with Gasteiger partial charge in [0.2, 0.25) is 5.91 Å². The van der Waals surface area contributed by atoms with E-state index in [0.717, 1.165) is 5.56 Å². The summed E-state index contributed by atoms with van der Waals surface area (Å²) >= 11 is 1.30. The van der Waals surface area contributed by atoms with Crippen molar-refractivity contribution in [1.82, 2.24) is 0 Å². The zero-order valence-corrected chi connectivity index (χ0v) is 17.9. The first-order chi connectivity index (χ1) is 14.3. The summed E-state index contributed by atoms with van der Waals surface area (Å²) in [6.07, 6.45) is 0. The van der Waals surface area contributed by atoms with Gasteiger partial charge in [-0.2, -0.15) is 0 Å². The summed E-state index contributed by atoms with van der Waals surface area (Å²) in [6.45, 7) is 1.92. The van der Waals surface area contributed by atoms with E-state index >= 15 is 0 Å². The second-order valence-electron chi connectivity index (χ2n) is 6.63. The Morgan fingerprint density at radius 1 is 0.933 bits per heavy atom.